The van der Waals surface area contributed by atoms with E-state index in [4.69, 9.17) is 5.73 Å². The Bertz CT molecular complexity index is 500. The van der Waals surface area contributed by atoms with E-state index in [9.17, 15) is 4.39 Å². The van der Waals surface area contributed by atoms with Crippen LogP contribution in [0.4, 0.5) is 10.1 Å². The summed E-state index contributed by atoms with van der Waals surface area (Å²) in [6.45, 7) is 2.98. The van der Waals surface area contributed by atoms with E-state index in [0.717, 1.165) is 18.7 Å². The Kier molecular flexibility index (Phi) is 2.54. The van der Waals surface area contributed by atoms with E-state index < -0.39 is 0 Å². The average Bonchev–Trinajstić information content (AvgIpc) is 2.85. The molecule has 96 valence electrons. The molecule has 1 aliphatic carbocycles. The highest BCUT2D eigenvalue weighted by atomic mass is 19.1. The van der Waals surface area contributed by atoms with Gasteiger partial charge in [0.15, 0.2) is 5.96 Å². The van der Waals surface area contributed by atoms with Gasteiger partial charge in [0, 0.05) is 5.69 Å². The third-order valence-electron chi connectivity index (χ3n) is 4.42. The fourth-order valence-electron chi connectivity index (χ4n) is 3.39. The van der Waals surface area contributed by atoms with Crippen LogP contribution in [-0.4, -0.2) is 18.0 Å². The number of nitrogens with zero attached hydrogens (tertiary/aromatic N) is 2. The van der Waals surface area contributed by atoms with Crippen LogP contribution in [0.25, 0.3) is 0 Å². The molecule has 18 heavy (non-hydrogen) atoms. The molecule has 1 fully saturated rings. The molecule has 1 aliphatic heterocycles. The Morgan fingerprint density at radius 2 is 2.33 bits per heavy atom. The van der Waals surface area contributed by atoms with Crippen molar-refractivity contribution in [3.05, 3.63) is 30.1 Å². The highest BCUT2D eigenvalue weighted by molar-refractivity contribution is 5.98. The second-order valence-electron chi connectivity index (χ2n) is 5.39. The van der Waals surface area contributed by atoms with Crippen LogP contribution in [-0.2, 0) is 0 Å². The molecule has 0 aromatic heterocycles. The monoisotopic (exact) mass is 247 g/mol. The van der Waals surface area contributed by atoms with Crippen molar-refractivity contribution >= 4 is 11.6 Å². The van der Waals surface area contributed by atoms with Gasteiger partial charge in [0.25, 0.3) is 0 Å². The van der Waals surface area contributed by atoms with E-state index in [1.165, 1.54) is 18.9 Å². The number of benzene rings is 1. The molecule has 3 rings (SSSR count). The van der Waals surface area contributed by atoms with Crippen LogP contribution in [0, 0.1) is 11.7 Å². The standard InChI is InChI=1S/C14H18FN3/c1-10-4-3-7-14(10)9-17-13(16)18(14)12-6-2-5-11(15)8-12/h2,5-6,8,10H,3-4,7,9H2,1H3,(H2,16,17). The molecule has 0 saturated heterocycles. The Morgan fingerprint density at radius 3 is 3.00 bits per heavy atom. The van der Waals surface area contributed by atoms with Gasteiger partial charge in [-0.1, -0.05) is 19.4 Å². The van der Waals surface area contributed by atoms with Gasteiger partial charge in [0.1, 0.15) is 5.82 Å². The van der Waals surface area contributed by atoms with Crippen molar-refractivity contribution in [2.45, 2.75) is 31.7 Å². The lowest BCUT2D eigenvalue weighted by molar-refractivity contribution is 0.365. The molecular weight excluding hydrogens is 229 g/mol. The van der Waals surface area contributed by atoms with Crippen molar-refractivity contribution in [1.82, 2.24) is 0 Å². The van der Waals surface area contributed by atoms with Crippen molar-refractivity contribution in [3.8, 4) is 0 Å². The molecule has 1 heterocycles. The maximum Gasteiger partial charge on any atom is 0.196 e. The van der Waals surface area contributed by atoms with Crippen LogP contribution in [0.15, 0.2) is 29.3 Å². The van der Waals surface area contributed by atoms with Gasteiger partial charge in [0.05, 0.1) is 12.1 Å². The van der Waals surface area contributed by atoms with Crippen LogP contribution in [0.5, 0.6) is 0 Å². The van der Waals surface area contributed by atoms with E-state index in [2.05, 4.69) is 11.9 Å². The quantitative estimate of drug-likeness (QED) is 0.828. The predicted octanol–water partition coefficient (Wildman–Crippen LogP) is 2.52. The van der Waals surface area contributed by atoms with Crippen LogP contribution >= 0.6 is 0 Å². The van der Waals surface area contributed by atoms with Crippen molar-refractivity contribution in [1.29, 1.82) is 0 Å². The summed E-state index contributed by atoms with van der Waals surface area (Å²) in [5.41, 5.74) is 6.82. The van der Waals surface area contributed by atoms with Crippen LogP contribution < -0.4 is 10.6 Å². The van der Waals surface area contributed by atoms with Crippen molar-refractivity contribution < 1.29 is 4.39 Å². The Balaban J connectivity index is 2.04. The molecule has 0 radical (unpaired) electrons. The molecule has 2 atom stereocenters. The zero-order chi connectivity index (χ0) is 12.8. The summed E-state index contributed by atoms with van der Waals surface area (Å²) in [5.74, 6) is 0.827. The number of hydrogen-bond acceptors (Lipinski definition) is 3. The number of anilines is 1. The minimum atomic E-state index is -0.229. The summed E-state index contributed by atoms with van der Waals surface area (Å²) in [6, 6.07) is 6.63. The van der Waals surface area contributed by atoms with Crippen LogP contribution in [0.2, 0.25) is 0 Å². The predicted molar refractivity (Wildman–Crippen MR) is 71.1 cm³/mol. The van der Waals surface area contributed by atoms with E-state index in [1.807, 2.05) is 11.0 Å². The lowest BCUT2D eigenvalue weighted by atomic mass is 9.87. The molecule has 0 amide bonds. The smallest absolute Gasteiger partial charge is 0.196 e. The summed E-state index contributed by atoms with van der Waals surface area (Å²) in [5, 5.41) is 0. The first-order chi connectivity index (χ1) is 8.63. The third-order valence-corrected chi connectivity index (χ3v) is 4.42. The summed E-state index contributed by atoms with van der Waals surface area (Å²) >= 11 is 0. The highest BCUT2D eigenvalue weighted by Gasteiger charge is 2.49. The first-order valence-corrected chi connectivity index (χ1v) is 6.49. The first kappa shape index (κ1) is 11.5. The average molecular weight is 247 g/mol. The molecule has 3 nitrogen and oxygen atoms in total. The number of guanidine groups is 1. The molecule has 1 aromatic carbocycles. The van der Waals surface area contributed by atoms with E-state index in [0.29, 0.717) is 11.9 Å². The zero-order valence-electron chi connectivity index (χ0n) is 10.6. The Hall–Kier alpha value is -1.58. The lowest BCUT2D eigenvalue weighted by Crippen LogP contribution is -2.53. The number of halogens is 1. The van der Waals surface area contributed by atoms with Gasteiger partial charge >= 0.3 is 0 Å². The number of aliphatic imine (C=N–C) groups is 1. The molecule has 2 unspecified atom stereocenters. The van der Waals surface area contributed by atoms with Crippen molar-refractivity contribution in [2.75, 3.05) is 11.4 Å². The van der Waals surface area contributed by atoms with Gasteiger partial charge in [-0.15, -0.1) is 0 Å². The van der Waals surface area contributed by atoms with Crippen molar-refractivity contribution in [3.63, 3.8) is 0 Å². The largest absolute Gasteiger partial charge is 0.369 e. The molecule has 0 bridgehead atoms. The molecule has 1 saturated carbocycles. The second kappa shape index (κ2) is 3.97. The SMILES string of the molecule is CC1CCCC12CN=C(N)N2c1cccc(F)c1. The van der Waals surface area contributed by atoms with Crippen LogP contribution in [0.1, 0.15) is 26.2 Å². The minimum absolute atomic E-state index is 0.0299. The third kappa shape index (κ3) is 1.51. The summed E-state index contributed by atoms with van der Waals surface area (Å²) in [4.78, 5) is 6.46. The van der Waals surface area contributed by atoms with E-state index in [-0.39, 0.29) is 11.4 Å². The maximum atomic E-state index is 13.4. The summed E-state index contributed by atoms with van der Waals surface area (Å²) in [7, 11) is 0. The number of rotatable bonds is 1. The Labute approximate surface area is 106 Å². The maximum absolute atomic E-state index is 13.4. The topological polar surface area (TPSA) is 41.6 Å². The molecule has 1 aromatic rings. The summed E-state index contributed by atoms with van der Waals surface area (Å²) in [6.07, 6.45) is 3.46. The molecule has 2 aliphatic rings. The summed E-state index contributed by atoms with van der Waals surface area (Å²) < 4.78 is 13.4. The first-order valence-electron chi connectivity index (χ1n) is 6.49. The van der Waals surface area contributed by atoms with E-state index >= 15 is 0 Å². The molecular formula is C14H18FN3. The van der Waals surface area contributed by atoms with Crippen LogP contribution in [0.3, 0.4) is 0 Å². The molecule has 4 heteroatoms. The number of nitrogens with two attached hydrogens (primary N) is 1. The second-order valence-corrected chi connectivity index (χ2v) is 5.39. The van der Waals surface area contributed by atoms with Crippen molar-refractivity contribution in [2.24, 2.45) is 16.6 Å². The fraction of sp³-hybridized carbons (Fsp3) is 0.500. The normalized spacial score (nSPS) is 31.1. The zero-order valence-corrected chi connectivity index (χ0v) is 10.6. The van der Waals surface area contributed by atoms with Gasteiger partial charge in [-0.2, -0.15) is 0 Å². The van der Waals surface area contributed by atoms with Gasteiger partial charge in [-0.05, 0) is 37.0 Å². The van der Waals surface area contributed by atoms with Gasteiger partial charge in [-0.25, -0.2) is 4.39 Å². The van der Waals surface area contributed by atoms with E-state index in [1.54, 1.807) is 12.1 Å². The molecule has 2 N–H and O–H groups in total. The Morgan fingerprint density at radius 1 is 1.50 bits per heavy atom. The fourth-order valence-corrected chi connectivity index (χ4v) is 3.39. The lowest BCUT2D eigenvalue weighted by Gasteiger charge is -2.39. The molecule has 1 spiro atoms. The van der Waals surface area contributed by atoms with Gasteiger partial charge in [0.2, 0.25) is 0 Å². The van der Waals surface area contributed by atoms with Gasteiger partial charge in [-0.3, -0.25) is 4.99 Å². The van der Waals surface area contributed by atoms with Gasteiger partial charge < -0.3 is 10.6 Å². The number of hydrogen-bond donors (Lipinski definition) is 1. The highest BCUT2D eigenvalue weighted by Crippen LogP contribution is 2.44. The minimum Gasteiger partial charge on any atom is -0.369 e.